The van der Waals surface area contributed by atoms with Crippen LogP contribution in [0.15, 0.2) is 0 Å². The van der Waals surface area contributed by atoms with Gasteiger partial charge in [0, 0.05) is 13.0 Å². The molecule has 12 heavy (non-hydrogen) atoms. The molecule has 0 aromatic carbocycles. The van der Waals surface area contributed by atoms with Crippen LogP contribution in [0.25, 0.3) is 0 Å². The zero-order valence-electron chi connectivity index (χ0n) is 6.45. The maximum atomic E-state index is 10.8. The molecule has 1 aliphatic rings. The van der Waals surface area contributed by atoms with Crippen molar-refractivity contribution in [2.45, 2.75) is 13.0 Å². The van der Waals surface area contributed by atoms with Crippen LogP contribution < -0.4 is 5.73 Å². The van der Waals surface area contributed by atoms with E-state index in [1.54, 1.807) is 4.90 Å². The molecule has 1 aromatic heterocycles. The van der Waals surface area contributed by atoms with Gasteiger partial charge in [-0.1, -0.05) is 5.21 Å². The van der Waals surface area contributed by atoms with Crippen LogP contribution in [0, 0.1) is 0 Å². The first-order valence-corrected chi connectivity index (χ1v) is 3.70. The number of aromatic nitrogens is 3. The van der Waals surface area contributed by atoms with Gasteiger partial charge in [0.25, 0.3) is 0 Å². The Balaban J connectivity index is 2.20. The van der Waals surface area contributed by atoms with Gasteiger partial charge in [0.1, 0.15) is 5.69 Å². The number of fused-ring (bicyclic) bond motifs is 1. The molecule has 0 saturated carbocycles. The summed E-state index contributed by atoms with van der Waals surface area (Å²) in [5.41, 5.74) is 6.95. The second-order valence-electron chi connectivity index (χ2n) is 2.75. The van der Waals surface area contributed by atoms with Gasteiger partial charge in [-0.15, -0.1) is 5.10 Å². The van der Waals surface area contributed by atoms with Crippen molar-refractivity contribution in [3.05, 3.63) is 11.4 Å². The molecular weight excluding hydrogens is 158 g/mol. The van der Waals surface area contributed by atoms with Crippen LogP contribution >= 0.6 is 0 Å². The first-order chi connectivity index (χ1) is 5.77. The van der Waals surface area contributed by atoms with Crippen molar-refractivity contribution >= 4 is 6.03 Å². The molecule has 0 radical (unpaired) electrons. The molecule has 3 N–H and O–H groups in total. The summed E-state index contributed by atoms with van der Waals surface area (Å²) < 4.78 is 0. The molecule has 0 spiro atoms. The Morgan fingerprint density at radius 1 is 1.67 bits per heavy atom. The standard InChI is InChI=1S/C6H9N5O/c7-6(12)11-2-1-4-5(3-11)9-10-8-4/h1-3H2,(H2,7,12)(H,8,9,10). The third kappa shape index (κ3) is 1.01. The van der Waals surface area contributed by atoms with Crippen LogP contribution in [0.1, 0.15) is 11.4 Å². The Bertz CT molecular complexity index is 307. The van der Waals surface area contributed by atoms with Gasteiger partial charge < -0.3 is 10.6 Å². The second kappa shape index (κ2) is 2.47. The predicted molar refractivity (Wildman–Crippen MR) is 40.1 cm³/mol. The summed E-state index contributed by atoms with van der Waals surface area (Å²) in [4.78, 5) is 12.3. The predicted octanol–water partition coefficient (Wildman–Crippen LogP) is -0.759. The van der Waals surface area contributed by atoms with Crippen LogP contribution in [0.3, 0.4) is 0 Å². The van der Waals surface area contributed by atoms with E-state index in [1.165, 1.54) is 0 Å². The molecule has 0 saturated heterocycles. The Morgan fingerprint density at radius 3 is 3.25 bits per heavy atom. The number of nitrogens with two attached hydrogens (primary N) is 1. The molecule has 64 valence electrons. The molecule has 0 aliphatic carbocycles. The minimum Gasteiger partial charge on any atom is -0.351 e. The van der Waals surface area contributed by atoms with E-state index in [0.717, 1.165) is 17.8 Å². The van der Waals surface area contributed by atoms with Crippen molar-refractivity contribution in [3.8, 4) is 0 Å². The smallest absolute Gasteiger partial charge is 0.315 e. The molecule has 6 heteroatoms. The number of nitrogens with zero attached hydrogens (tertiary/aromatic N) is 3. The number of hydrogen-bond acceptors (Lipinski definition) is 3. The van der Waals surface area contributed by atoms with Gasteiger partial charge in [-0.05, 0) is 0 Å². The highest BCUT2D eigenvalue weighted by Crippen LogP contribution is 2.12. The van der Waals surface area contributed by atoms with Crippen LogP contribution in [0.2, 0.25) is 0 Å². The summed E-state index contributed by atoms with van der Waals surface area (Å²) >= 11 is 0. The van der Waals surface area contributed by atoms with Gasteiger partial charge >= 0.3 is 6.03 Å². The lowest BCUT2D eigenvalue weighted by molar-refractivity contribution is 0.201. The fourth-order valence-corrected chi connectivity index (χ4v) is 1.29. The normalized spacial score (nSPS) is 15.8. The topological polar surface area (TPSA) is 87.9 Å². The lowest BCUT2D eigenvalue weighted by Gasteiger charge is -2.23. The molecule has 1 aromatic rings. The van der Waals surface area contributed by atoms with Crippen LogP contribution in [-0.4, -0.2) is 32.9 Å². The maximum Gasteiger partial charge on any atom is 0.315 e. The van der Waals surface area contributed by atoms with Gasteiger partial charge in [-0.25, -0.2) is 4.79 Å². The zero-order chi connectivity index (χ0) is 8.55. The minimum atomic E-state index is -0.399. The van der Waals surface area contributed by atoms with Crippen molar-refractivity contribution in [3.63, 3.8) is 0 Å². The monoisotopic (exact) mass is 167 g/mol. The third-order valence-corrected chi connectivity index (χ3v) is 1.99. The van der Waals surface area contributed by atoms with Crippen molar-refractivity contribution in [1.29, 1.82) is 0 Å². The number of primary amides is 1. The van der Waals surface area contributed by atoms with E-state index in [9.17, 15) is 4.79 Å². The third-order valence-electron chi connectivity index (χ3n) is 1.99. The molecular formula is C6H9N5O. The molecule has 0 bridgehead atoms. The average Bonchev–Trinajstić information content (AvgIpc) is 2.49. The number of H-pyrrole nitrogens is 1. The summed E-state index contributed by atoms with van der Waals surface area (Å²) in [5, 5.41) is 10.3. The Kier molecular flexibility index (Phi) is 1.46. The number of nitrogens with one attached hydrogen (secondary N) is 1. The number of hydrogen-bond donors (Lipinski definition) is 2. The van der Waals surface area contributed by atoms with Gasteiger partial charge in [0.05, 0.1) is 12.2 Å². The Morgan fingerprint density at radius 2 is 2.50 bits per heavy atom. The SMILES string of the molecule is NC(=O)N1CCc2[nH]nnc2C1. The van der Waals surface area contributed by atoms with E-state index in [4.69, 9.17) is 5.73 Å². The van der Waals surface area contributed by atoms with E-state index in [-0.39, 0.29) is 0 Å². The van der Waals surface area contributed by atoms with Crippen LogP contribution in [0.4, 0.5) is 4.79 Å². The van der Waals surface area contributed by atoms with E-state index >= 15 is 0 Å². The van der Waals surface area contributed by atoms with Crippen LogP contribution in [-0.2, 0) is 13.0 Å². The van der Waals surface area contributed by atoms with Crippen molar-refractivity contribution in [2.24, 2.45) is 5.73 Å². The van der Waals surface area contributed by atoms with Crippen molar-refractivity contribution in [1.82, 2.24) is 20.3 Å². The number of amides is 2. The van der Waals surface area contributed by atoms with E-state index in [1.807, 2.05) is 0 Å². The molecule has 6 nitrogen and oxygen atoms in total. The van der Waals surface area contributed by atoms with Crippen molar-refractivity contribution in [2.75, 3.05) is 6.54 Å². The molecule has 2 heterocycles. The summed E-state index contributed by atoms with van der Waals surface area (Å²) in [7, 11) is 0. The fourth-order valence-electron chi connectivity index (χ4n) is 1.29. The lowest BCUT2D eigenvalue weighted by Crippen LogP contribution is -2.39. The molecule has 2 rings (SSSR count). The molecule has 0 fully saturated rings. The molecule has 2 amide bonds. The maximum absolute atomic E-state index is 10.8. The summed E-state index contributed by atoms with van der Waals surface area (Å²) in [6.07, 6.45) is 0.755. The average molecular weight is 167 g/mol. The fraction of sp³-hybridized carbons (Fsp3) is 0.500. The van der Waals surface area contributed by atoms with Crippen molar-refractivity contribution < 1.29 is 4.79 Å². The first-order valence-electron chi connectivity index (χ1n) is 3.70. The largest absolute Gasteiger partial charge is 0.351 e. The number of carbonyl (C=O) groups excluding carboxylic acids is 1. The highest BCUT2D eigenvalue weighted by Gasteiger charge is 2.20. The first kappa shape index (κ1) is 7.08. The summed E-state index contributed by atoms with van der Waals surface area (Å²) in [6.45, 7) is 1.12. The molecule has 0 unspecified atom stereocenters. The van der Waals surface area contributed by atoms with E-state index in [0.29, 0.717) is 13.1 Å². The highest BCUT2D eigenvalue weighted by atomic mass is 16.2. The van der Waals surface area contributed by atoms with Crippen LogP contribution in [0.5, 0.6) is 0 Å². The number of carbonyl (C=O) groups is 1. The van der Waals surface area contributed by atoms with Gasteiger partial charge in [-0.2, -0.15) is 0 Å². The summed E-state index contributed by atoms with van der Waals surface area (Å²) in [5.74, 6) is 0. The van der Waals surface area contributed by atoms with Gasteiger partial charge in [-0.3, -0.25) is 5.10 Å². The van der Waals surface area contributed by atoms with E-state index in [2.05, 4.69) is 15.4 Å². The molecule has 1 aliphatic heterocycles. The highest BCUT2D eigenvalue weighted by molar-refractivity contribution is 5.72. The lowest BCUT2D eigenvalue weighted by atomic mass is 10.1. The number of urea groups is 1. The second-order valence-corrected chi connectivity index (χ2v) is 2.75. The van der Waals surface area contributed by atoms with E-state index < -0.39 is 6.03 Å². The quantitative estimate of drug-likeness (QED) is 0.532. The number of rotatable bonds is 0. The Labute approximate surface area is 68.7 Å². The number of aromatic amines is 1. The van der Waals surface area contributed by atoms with Gasteiger partial charge in [0.15, 0.2) is 0 Å². The summed E-state index contributed by atoms with van der Waals surface area (Å²) in [6, 6.07) is -0.399. The van der Waals surface area contributed by atoms with Gasteiger partial charge in [0.2, 0.25) is 0 Å². The Hall–Kier alpha value is -1.59. The zero-order valence-corrected chi connectivity index (χ0v) is 6.45. The molecule has 0 atom stereocenters. The minimum absolute atomic E-state index is 0.399.